The van der Waals surface area contributed by atoms with Crippen LogP contribution in [0.3, 0.4) is 0 Å². The van der Waals surface area contributed by atoms with E-state index in [4.69, 9.17) is 15.3 Å². The van der Waals surface area contributed by atoms with Gasteiger partial charge in [-0.3, -0.25) is 0 Å². The molecule has 72 valence electrons. The number of hydrogen-bond acceptors (Lipinski definition) is 5. The first kappa shape index (κ1) is 11.1. The molecule has 1 aliphatic rings. The minimum atomic E-state index is -2.66. The van der Waals surface area contributed by atoms with E-state index in [0.717, 1.165) is 6.42 Å². The zero-order chi connectivity index (χ0) is 9.78. The van der Waals surface area contributed by atoms with Crippen molar-refractivity contribution in [2.45, 2.75) is 12.5 Å². The third kappa shape index (κ3) is 5.86. The normalized spacial score (nSPS) is 25.6. The van der Waals surface area contributed by atoms with Crippen LogP contribution >= 0.6 is 0 Å². The quantitative estimate of drug-likeness (QED) is 0.362. The van der Waals surface area contributed by atoms with Crippen molar-refractivity contribution >= 4 is 9.84 Å². The van der Waals surface area contributed by atoms with Crippen LogP contribution in [0, 0.1) is 15.3 Å². The van der Waals surface area contributed by atoms with E-state index in [1.807, 2.05) is 0 Å². The summed E-state index contributed by atoms with van der Waals surface area (Å²) in [5, 5.41) is 14.8. The van der Waals surface area contributed by atoms with Gasteiger partial charge in [0.1, 0.15) is 5.75 Å². The molecule has 0 aromatic rings. The molecule has 1 aliphatic heterocycles. The maximum absolute atomic E-state index is 10.6. The van der Waals surface area contributed by atoms with E-state index >= 15 is 0 Å². The zero-order valence-electron chi connectivity index (χ0n) is 6.30. The number of hydrogen-bond donors (Lipinski definition) is 1. The lowest BCUT2D eigenvalue weighted by Gasteiger charge is -1.87. The molecule has 0 aromatic carbocycles. The Morgan fingerprint density at radius 3 is 1.92 bits per heavy atom. The molecule has 12 heavy (non-hydrogen) atoms. The van der Waals surface area contributed by atoms with Crippen LogP contribution in [0.4, 0.5) is 0 Å². The first-order valence-corrected chi connectivity index (χ1v) is 5.00. The van der Waals surface area contributed by atoms with Crippen molar-refractivity contribution in [2.75, 3.05) is 11.5 Å². The smallest absolute Gasteiger partial charge is 0.156 e. The number of rotatable bonds is 0. The lowest BCUT2D eigenvalue weighted by molar-refractivity contribution is -0.410. The van der Waals surface area contributed by atoms with Gasteiger partial charge in [-0.05, 0) is 0 Å². The molecule has 1 heterocycles. The Morgan fingerprint density at radius 2 is 1.83 bits per heavy atom. The van der Waals surface area contributed by atoms with Crippen LogP contribution in [0.1, 0.15) is 6.42 Å². The standard InChI is InChI=1S/C4H9NO2S.NO3/c5-4-1-2-8(6,7)3-4;2-1(3)4/h4H,1-3,5H2;/q;-1/p+1. The van der Waals surface area contributed by atoms with Crippen molar-refractivity contribution in [1.82, 2.24) is 0 Å². The van der Waals surface area contributed by atoms with Crippen LogP contribution in [0.25, 0.3) is 0 Å². The topological polar surface area (TPSA) is 128 Å². The van der Waals surface area contributed by atoms with E-state index in [0.29, 0.717) is 11.5 Å². The van der Waals surface area contributed by atoms with Crippen molar-refractivity contribution in [3.8, 4) is 0 Å². The Kier molecular flexibility index (Phi) is 3.90. The second-order valence-electron chi connectivity index (χ2n) is 2.49. The molecule has 1 unspecified atom stereocenters. The van der Waals surface area contributed by atoms with Gasteiger partial charge in [-0.15, -0.1) is 0 Å². The summed E-state index contributed by atoms with van der Waals surface area (Å²) in [5.74, 6) is 0.647. The molecule has 0 radical (unpaired) electrons. The van der Waals surface area contributed by atoms with Crippen LogP contribution in [-0.4, -0.2) is 31.1 Å². The van der Waals surface area contributed by atoms with E-state index in [9.17, 15) is 8.42 Å². The highest BCUT2D eigenvalue weighted by Gasteiger charge is 2.27. The predicted octanol–water partition coefficient (Wildman–Crippen LogP) is -1.82. The largest absolute Gasteiger partial charge is 0.356 e. The zero-order valence-corrected chi connectivity index (χ0v) is 7.12. The van der Waals surface area contributed by atoms with Crippen LogP contribution in [-0.2, 0) is 9.84 Å². The molecular formula is C4H10N2O5S. The van der Waals surface area contributed by atoms with Gasteiger partial charge in [0.2, 0.25) is 0 Å². The highest BCUT2D eigenvalue weighted by atomic mass is 32.2. The van der Waals surface area contributed by atoms with Crippen molar-refractivity contribution in [1.29, 1.82) is 0 Å². The van der Waals surface area contributed by atoms with Gasteiger partial charge in [0.15, 0.2) is 9.84 Å². The maximum Gasteiger partial charge on any atom is 0.156 e. The molecule has 1 fully saturated rings. The molecule has 1 rings (SSSR count). The summed E-state index contributed by atoms with van der Waals surface area (Å²) in [7, 11) is -2.66. The first-order valence-electron chi connectivity index (χ1n) is 3.18. The van der Waals surface area contributed by atoms with Crippen LogP contribution < -0.4 is 5.73 Å². The minimum Gasteiger partial charge on any atom is -0.356 e. The van der Waals surface area contributed by atoms with Crippen LogP contribution in [0.5, 0.6) is 0 Å². The fraction of sp³-hybridized carbons (Fsp3) is 1.00. The summed E-state index contributed by atoms with van der Waals surface area (Å²) >= 11 is 0. The second-order valence-corrected chi connectivity index (χ2v) is 4.72. The Morgan fingerprint density at radius 1 is 1.42 bits per heavy atom. The average molecular weight is 198 g/mol. The Balaban J connectivity index is 0.000000261. The molecule has 0 amide bonds. The SMILES string of the molecule is O=[N+]([O-])[O-].[NH3+]C1CCS(=O)(=O)C1. The molecule has 0 bridgehead atoms. The van der Waals surface area contributed by atoms with Gasteiger partial charge in [-0.25, -0.2) is 8.42 Å². The molecule has 0 aliphatic carbocycles. The Labute approximate surface area is 69.2 Å². The fourth-order valence-electron chi connectivity index (χ4n) is 0.872. The van der Waals surface area contributed by atoms with Crippen molar-refractivity contribution < 1.29 is 19.2 Å². The molecule has 3 N–H and O–H groups in total. The molecule has 0 aromatic heterocycles. The molecule has 8 heteroatoms. The van der Waals surface area contributed by atoms with E-state index in [2.05, 4.69) is 5.73 Å². The van der Waals surface area contributed by atoms with Gasteiger partial charge in [-0.2, -0.15) is 0 Å². The van der Waals surface area contributed by atoms with Gasteiger partial charge in [0, 0.05) is 6.42 Å². The predicted molar refractivity (Wildman–Crippen MR) is 40.3 cm³/mol. The highest BCUT2D eigenvalue weighted by Crippen LogP contribution is 2.06. The second kappa shape index (κ2) is 4.21. The summed E-state index contributed by atoms with van der Waals surface area (Å²) in [5.41, 5.74) is 3.65. The maximum atomic E-state index is 10.6. The number of quaternary nitrogens is 1. The lowest BCUT2D eigenvalue weighted by Crippen LogP contribution is -2.61. The summed E-state index contributed by atoms with van der Waals surface area (Å²) in [6, 6.07) is 0.153. The highest BCUT2D eigenvalue weighted by molar-refractivity contribution is 7.91. The van der Waals surface area contributed by atoms with Gasteiger partial charge in [0.25, 0.3) is 0 Å². The van der Waals surface area contributed by atoms with E-state index < -0.39 is 14.9 Å². The molecule has 1 atom stereocenters. The minimum absolute atomic E-state index is 0.153. The van der Waals surface area contributed by atoms with Gasteiger partial charge in [0.05, 0.1) is 16.9 Å². The first-order chi connectivity index (χ1) is 5.33. The number of sulfone groups is 1. The third-order valence-corrected chi connectivity index (χ3v) is 3.16. The molecule has 1 saturated heterocycles. The van der Waals surface area contributed by atoms with E-state index in [1.165, 1.54) is 0 Å². The summed E-state index contributed by atoms with van der Waals surface area (Å²) < 4.78 is 21.2. The third-order valence-electron chi connectivity index (χ3n) is 1.33. The monoisotopic (exact) mass is 198 g/mol. The van der Waals surface area contributed by atoms with Crippen molar-refractivity contribution in [2.24, 2.45) is 0 Å². The summed E-state index contributed by atoms with van der Waals surface area (Å²) in [4.78, 5) is 8.25. The summed E-state index contributed by atoms with van der Waals surface area (Å²) in [6.07, 6.45) is 0.752. The van der Waals surface area contributed by atoms with Gasteiger partial charge in [-0.1, -0.05) is 0 Å². The average Bonchev–Trinajstić information content (AvgIpc) is 2.07. The van der Waals surface area contributed by atoms with Gasteiger partial charge >= 0.3 is 0 Å². The lowest BCUT2D eigenvalue weighted by atomic mass is 10.3. The molecule has 7 nitrogen and oxygen atoms in total. The fourth-order valence-corrected chi connectivity index (χ4v) is 2.62. The van der Waals surface area contributed by atoms with Gasteiger partial charge < -0.3 is 21.1 Å². The Hall–Kier alpha value is -0.890. The van der Waals surface area contributed by atoms with Crippen molar-refractivity contribution in [3.63, 3.8) is 0 Å². The van der Waals surface area contributed by atoms with E-state index in [1.54, 1.807) is 0 Å². The molecule has 0 saturated carbocycles. The Bertz CT molecular complexity index is 244. The summed E-state index contributed by atoms with van der Waals surface area (Å²) in [6.45, 7) is 0. The van der Waals surface area contributed by atoms with Crippen LogP contribution in [0.15, 0.2) is 0 Å². The van der Waals surface area contributed by atoms with E-state index in [-0.39, 0.29) is 6.04 Å². The van der Waals surface area contributed by atoms with Crippen molar-refractivity contribution in [3.05, 3.63) is 15.3 Å². The molecule has 0 spiro atoms. The molecular weight excluding hydrogens is 188 g/mol. The number of nitrogens with zero attached hydrogens (tertiary/aromatic N) is 1. The van der Waals surface area contributed by atoms with Crippen LogP contribution in [0.2, 0.25) is 0 Å².